The number of esters is 1. The van der Waals surface area contributed by atoms with Gasteiger partial charge >= 0.3 is 5.97 Å². The van der Waals surface area contributed by atoms with Crippen LogP contribution in [-0.2, 0) is 184 Å². The van der Waals surface area contributed by atoms with Crippen molar-refractivity contribution in [1.29, 1.82) is 0 Å². The Morgan fingerprint density at radius 3 is 0.695 bits per heavy atom. The molecule has 0 amide bonds. The Kier molecular flexibility index (Phi) is 41.7. The fourth-order valence-electron chi connectivity index (χ4n) is 18.0. The monoisotopic (exact) mass is 1920 g/mol. The SMILES string of the molecule is COC(=O)CCCCCCCCO[C@H]1O[C@H](CO)[C@@H](OCc2ccccc2)[C@H](O[C@H]2O[C@H](COCc3ccccc3)[C@@H](OCc3ccccc3)[C@H](OCc3ccccc3)[C@@H]2O[C@H]2O[C@H](COCc3ccccc3)[C@@H](OCc3ccccc3)[C@H](OCc3ccccc3)[C@@H]2O[C@H]2O[C@H](COCc3ccccc3)[C@@H](OCc3ccccc3)[C@H](OCc3ccccc3)[C@@H]2OCc2ccccc2)[C@@H]1OCc1ccccc1. The van der Waals surface area contributed by atoms with Crippen LogP contribution in [0.2, 0.25) is 0 Å². The quantitative estimate of drug-likeness (QED) is 0.0276. The van der Waals surface area contributed by atoms with Crippen LogP contribution in [0, 0.1) is 0 Å². The number of aliphatic hydroxyl groups excluding tert-OH is 1. The molecule has 4 heterocycles. The molecule has 0 saturated carbocycles. The Balaban J connectivity index is 0.886. The van der Waals surface area contributed by atoms with Crippen molar-refractivity contribution in [1.82, 2.24) is 0 Å². The fourth-order valence-corrected chi connectivity index (χ4v) is 18.0. The number of aliphatic hydroxyl groups is 1. The summed E-state index contributed by atoms with van der Waals surface area (Å²) < 4.78 is 156. The molecule has 20 atom stereocenters. The summed E-state index contributed by atoms with van der Waals surface area (Å²) in [6, 6.07) is 119. The van der Waals surface area contributed by atoms with Crippen molar-refractivity contribution < 1.29 is 109 Å². The van der Waals surface area contributed by atoms with Crippen LogP contribution in [0.25, 0.3) is 0 Å². The fraction of sp³-hybridized carbons (Fsp3) is 0.381. The minimum absolute atomic E-state index is 0.00132. The lowest BCUT2D eigenvalue weighted by molar-refractivity contribution is -0.415. The van der Waals surface area contributed by atoms with E-state index in [1.54, 1.807) is 0 Å². The summed E-state index contributed by atoms with van der Waals surface area (Å²) in [4.78, 5) is 12.1. The number of hydrogen-bond donors (Lipinski definition) is 1. The molecule has 0 aliphatic carbocycles. The van der Waals surface area contributed by atoms with Crippen LogP contribution in [0.5, 0.6) is 0 Å². The highest BCUT2D eigenvalue weighted by molar-refractivity contribution is 5.69. The zero-order chi connectivity index (χ0) is 96.3. The van der Waals surface area contributed by atoms with Gasteiger partial charge in [-0.15, -0.1) is 0 Å². The number of hydrogen-bond acceptors (Lipinski definition) is 23. The lowest BCUT2D eigenvalue weighted by Gasteiger charge is -2.53. The first-order valence-corrected chi connectivity index (χ1v) is 49.4. The Morgan fingerprint density at radius 1 is 0.220 bits per heavy atom. The second kappa shape index (κ2) is 56.9. The number of benzene rings is 12. The largest absolute Gasteiger partial charge is 0.469 e. The molecule has 0 radical (unpaired) electrons. The van der Waals surface area contributed by atoms with Gasteiger partial charge in [0.15, 0.2) is 25.2 Å². The Labute approximate surface area is 828 Å². The van der Waals surface area contributed by atoms with Crippen molar-refractivity contribution in [2.45, 2.75) is 247 Å². The molecule has 141 heavy (non-hydrogen) atoms. The van der Waals surface area contributed by atoms with Crippen molar-refractivity contribution in [2.24, 2.45) is 0 Å². The van der Waals surface area contributed by atoms with Gasteiger partial charge in [0.2, 0.25) is 0 Å². The van der Waals surface area contributed by atoms with Crippen LogP contribution in [0.3, 0.4) is 0 Å². The second-order valence-electron chi connectivity index (χ2n) is 35.8. The van der Waals surface area contributed by atoms with Gasteiger partial charge in [0.25, 0.3) is 0 Å². The minimum atomic E-state index is -1.64. The molecule has 0 bridgehead atoms. The Morgan fingerprint density at radius 2 is 0.426 bits per heavy atom. The number of carbonyl (C=O) groups is 1. The number of methoxy groups -OCH3 is 1. The first-order chi connectivity index (χ1) is 69.8. The normalized spacial score (nSPS) is 24.6. The third-order valence-corrected chi connectivity index (χ3v) is 25.5. The van der Waals surface area contributed by atoms with Crippen LogP contribution < -0.4 is 0 Å². The molecule has 23 heteroatoms. The third kappa shape index (κ3) is 31.9. The van der Waals surface area contributed by atoms with E-state index in [0.717, 1.165) is 98.9 Å². The molecule has 742 valence electrons. The first kappa shape index (κ1) is 103. The van der Waals surface area contributed by atoms with Gasteiger partial charge in [-0.1, -0.05) is 390 Å². The van der Waals surface area contributed by atoms with Crippen molar-refractivity contribution in [3.8, 4) is 0 Å². The van der Waals surface area contributed by atoms with E-state index in [1.807, 2.05) is 364 Å². The first-order valence-electron chi connectivity index (χ1n) is 49.4. The van der Waals surface area contributed by atoms with Gasteiger partial charge in [-0.2, -0.15) is 0 Å². The highest BCUT2D eigenvalue weighted by Crippen LogP contribution is 2.43. The highest BCUT2D eigenvalue weighted by Gasteiger charge is 2.60. The lowest BCUT2D eigenvalue weighted by Crippen LogP contribution is -2.69. The molecule has 23 nitrogen and oxygen atoms in total. The molecule has 4 aliphatic heterocycles. The zero-order valence-corrected chi connectivity index (χ0v) is 80.1. The van der Waals surface area contributed by atoms with E-state index < -0.39 is 129 Å². The summed E-state index contributed by atoms with van der Waals surface area (Å²) in [6.45, 7) is 0.647. The van der Waals surface area contributed by atoms with Gasteiger partial charge in [-0.05, 0) is 79.6 Å². The summed E-state index contributed by atoms with van der Waals surface area (Å²) in [7, 11) is 1.42. The summed E-state index contributed by atoms with van der Waals surface area (Å²) in [5, 5.41) is 12.2. The van der Waals surface area contributed by atoms with E-state index in [-0.39, 0.29) is 112 Å². The summed E-state index contributed by atoms with van der Waals surface area (Å²) in [5.41, 5.74) is 10.5. The van der Waals surface area contributed by atoms with E-state index in [0.29, 0.717) is 12.8 Å². The van der Waals surface area contributed by atoms with Crippen molar-refractivity contribution in [3.05, 3.63) is 431 Å². The van der Waals surface area contributed by atoms with Crippen molar-refractivity contribution in [3.63, 3.8) is 0 Å². The topological polar surface area (TPSA) is 231 Å². The van der Waals surface area contributed by atoms with E-state index in [4.69, 9.17) is 99.5 Å². The van der Waals surface area contributed by atoms with Gasteiger partial charge in [-0.3, -0.25) is 4.79 Å². The van der Waals surface area contributed by atoms with Crippen LogP contribution in [0.4, 0.5) is 0 Å². The van der Waals surface area contributed by atoms with Crippen molar-refractivity contribution >= 4 is 5.97 Å². The number of unbranched alkanes of at least 4 members (excludes halogenated alkanes) is 5. The minimum Gasteiger partial charge on any atom is -0.469 e. The average Bonchev–Trinajstić information content (AvgIpc) is 0.753. The summed E-state index contributed by atoms with van der Waals surface area (Å²) >= 11 is 0. The van der Waals surface area contributed by atoms with Gasteiger partial charge < -0.3 is 105 Å². The van der Waals surface area contributed by atoms with E-state index in [9.17, 15) is 9.90 Å². The Hall–Kier alpha value is -10.7. The molecule has 0 aromatic heterocycles. The van der Waals surface area contributed by atoms with Gasteiger partial charge in [0, 0.05) is 13.0 Å². The molecule has 0 unspecified atom stereocenters. The maximum absolute atomic E-state index is 12.2. The van der Waals surface area contributed by atoms with Crippen molar-refractivity contribution in [2.75, 3.05) is 40.1 Å². The molecular formula is C118H132O23. The summed E-state index contributed by atoms with van der Waals surface area (Å²) in [6.07, 6.45) is -19.1. The molecule has 12 aromatic carbocycles. The third-order valence-electron chi connectivity index (χ3n) is 25.5. The maximum atomic E-state index is 12.2. The molecule has 4 saturated heterocycles. The molecular weight excluding hydrogens is 1790 g/mol. The van der Waals surface area contributed by atoms with E-state index in [1.165, 1.54) is 7.11 Å². The molecule has 4 aliphatic rings. The highest BCUT2D eigenvalue weighted by atomic mass is 16.8. The zero-order valence-electron chi connectivity index (χ0n) is 80.1. The van der Waals surface area contributed by atoms with Gasteiger partial charge in [0.05, 0.1) is 113 Å². The predicted molar refractivity (Wildman–Crippen MR) is 530 cm³/mol. The molecule has 4 fully saturated rings. The number of rotatable bonds is 56. The van der Waals surface area contributed by atoms with Crippen LogP contribution in [0.15, 0.2) is 364 Å². The summed E-state index contributed by atoms with van der Waals surface area (Å²) in [5.74, 6) is -0.223. The smallest absolute Gasteiger partial charge is 0.305 e. The van der Waals surface area contributed by atoms with Crippen LogP contribution >= 0.6 is 0 Å². The standard InChI is InChI=1S/C118H132O23/c1-121-102(120)68-42-4-2-3-5-43-69-125-115-112(134-82-97-66-40-17-41-67-97)110(103(98(70-119)135-115)126-74-89-50-24-9-25-51-89)139-117-113(108(131-79-94-60-34-14-35-61-94)105(128-76-91-54-28-11-29-55-91)100(137-117)84-123-72-87-46-20-7-21-47-87)141-118-114(109(132-80-95-62-36-15-37-63-95)106(129-77-92-56-30-12-31-57-92)101(138-118)85-124-73-88-48-22-8-23-49-88)140-116-111(133-81-96-64-38-16-39-65-96)107(130-78-93-58-32-13-33-59-93)104(127-75-90-52-26-10-27-53-90)99(136-116)83-122-71-86-44-18-6-19-45-86/h6-41,44-67,98-101,103-119H,2-5,42-43,68-85H2,1H3/t98-,99-,100-,101-,103-,104-,105-,106-,107+,108+,109+,110+,111+,112+,113+,114+,115+,116-,117-,118-/m1/s1. The molecule has 12 aromatic rings. The maximum Gasteiger partial charge on any atom is 0.305 e. The van der Waals surface area contributed by atoms with Crippen LogP contribution in [-0.4, -0.2) is 174 Å². The lowest BCUT2D eigenvalue weighted by atomic mass is 9.94. The van der Waals surface area contributed by atoms with Gasteiger partial charge in [-0.25, -0.2) is 0 Å². The van der Waals surface area contributed by atoms with E-state index in [2.05, 4.69) is 0 Å². The average molecular weight is 1920 g/mol. The predicted octanol–water partition coefficient (Wildman–Crippen LogP) is 19.9. The van der Waals surface area contributed by atoms with Crippen LogP contribution in [0.1, 0.15) is 112 Å². The Bertz CT molecular complexity index is 5380. The molecule has 16 rings (SSSR count). The van der Waals surface area contributed by atoms with Gasteiger partial charge in [0.1, 0.15) is 97.7 Å². The number of ether oxygens (including phenoxy) is 21. The van der Waals surface area contributed by atoms with E-state index >= 15 is 0 Å². The second-order valence-corrected chi connectivity index (χ2v) is 35.8. The molecule has 0 spiro atoms. The number of carbonyl (C=O) groups excluding carboxylic acids is 1. The molecule has 1 N–H and O–H groups in total.